The molecule has 0 saturated heterocycles. The molecule has 1 aliphatic rings. The highest BCUT2D eigenvalue weighted by Crippen LogP contribution is 2.11. The van der Waals surface area contributed by atoms with Gasteiger partial charge >= 0.3 is 0 Å². The molecule has 2 heteroatoms. The van der Waals surface area contributed by atoms with Gasteiger partial charge in [0.2, 0.25) is 5.24 Å². The molecular formula is C7H7ClO. The Morgan fingerprint density at radius 1 is 1.44 bits per heavy atom. The molecule has 0 bridgehead atoms. The van der Waals surface area contributed by atoms with E-state index in [1.54, 1.807) is 0 Å². The lowest BCUT2D eigenvalue weighted by molar-refractivity contribution is -0.112. The van der Waals surface area contributed by atoms with Crippen LogP contribution in [0.1, 0.15) is 6.42 Å². The molecule has 9 heavy (non-hydrogen) atoms. The average Bonchev–Trinajstić information content (AvgIpc) is 1.90. The van der Waals surface area contributed by atoms with Crippen LogP contribution in [-0.2, 0) is 4.79 Å². The summed E-state index contributed by atoms with van der Waals surface area (Å²) in [4.78, 5) is 10.5. The zero-order valence-corrected chi connectivity index (χ0v) is 5.64. The van der Waals surface area contributed by atoms with Crippen molar-refractivity contribution < 1.29 is 4.79 Å². The van der Waals surface area contributed by atoms with Crippen LogP contribution in [0.15, 0.2) is 24.3 Å². The Hall–Kier alpha value is -0.560. The molecule has 0 unspecified atom stereocenters. The van der Waals surface area contributed by atoms with Crippen molar-refractivity contribution in [2.24, 2.45) is 5.92 Å². The van der Waals surface area contributed by atoms with Crippen molar-refractivity contribution in [2.75, 3.05) is 0 Å². The number of carbonyl (C=O) groups is 1. The van der Waals surface area contributed by atoms with E-state index < -0.39 is 0 Å². The van der Waals surface area contributed by atoms with E-state index in [4.69, 9.17) is 11.6 Å². The zero-order valence-electron chi connectivity index (χ0n) is 4.88. The van der Waals surface area contributed by atoms with E-state index in [2.05, 4.69) is 0 Å². The lowest BCUT2D eigenvalue weighted by atomic mass is 10.1. The van der Waals surface area contributed by atoms with Gasteiger partial charge < -0.3 is 0 Å². The van der Waals surface area contributed by atoms with Crippen LogP contribution < -0.4 is 0 Å². The number of halogens is 1. The zero-order chi connectivity index (χ0) is 6.69. The molecule has 1 nitrogen and oxygen atoms in total. The van der Waals surface area contributed by atoms with Crippen LogP contribution >= 0.6 is 11.6 Å². The number of allylic oxidation sites excluding steroid dienone is 4. The lowest BCUT2D eigenvalue weighted by Crippen LogP contribution is -2.02. The molecule has 1 aliphatic carbocycles. The first kappa shape index (κ1) is 6.56. The number of hydrogen-bond donors (Lipinski definition) is 0. The molecule has 0 saturated carbocycles. The third-order valence-corrected chi connectivity index (χ3v) is 1.47. The van der Waals surface area contributed by atoms with Crippen molar-refractivity contribution >= 4 is 16.8 Å². The minimum absolute atomic E-state index is 0.180. The van der Waals surface area contributed by atoms with Crippen LogP contribution in [-0.4, -0.2) is 5.24 Å². The molecule has 0 heterocycles. The van der Waals surface area contributed by atoms with E-state index in [0.29, 0.717) is 0 Å². The van der Waals surface area contributed by atoms with Gasteiger partial charge in [0.25, 0.3) is 0 Å². The highest BCUT2D eigenvalue weighted by Gasteiger charge is 2.08. The average molecular weight is 143 g/mol. The first-order chi connectivity index (χ1) is 4.30. The highest BCUT2D eigenvalue weighted by atomic mass is 35.5. The molecule has 0 atom stereocenters. The second-order valence-corrected chi connectivity index (χ2v) is 2.29. The van der Waals surface area contributed by atoms with Gasteiger partial charge in [0.15, 0.2) is 0 Å². The summed E-state index contributed by atoms with van der Waals surface area (Å²) in [5.74, 6) is -0.180. The van der Waals surface area contributed by atoms with Crippen LogP contribution in [0.2, 0.25) is 0 Å². The summed E-state index contributed by atoms with van der Waals surface area (Å²) in [6.07, 6.45) is 8.42. The summed E-state index contributed by atoms with van der Waals surface area (Å²) >= 11 is 5.22. The molecule has 0 amide bonds. The molecule has 0 aliphatic heterocycles. The maximum atomic E-state index is 10.5. The van der Waals surface area contributed by atoms with Crippen molar-refractivity contribution in [3.63, 3.8) is 0 Å². The predicted molar refractivity (Wildman–Crippen MR) is 37.2 cm³/mol. The SMILES string of the molecule is O=C(Cl)C1C=CCC=C1. The minimum Gasteiger partial charge on any atom is -0.280 e. The van der Waals surface area contributed by atoms with Gasteiger partial charge in [-0.05, 0) is 18.0 Å². The Morgan fingerprint density at radius 2 is 2.00 bits per heavy atom. The van der Waals surface area contributed by atoms with Crippen LogP contribution in [0.5, 0.6) is 0 Å². The smallest absolute Gasteiger partial charge is 0.232 e. The monoisotopic (exact) mass is 142 g/mol. The fourth-order valence-corrected chi connectivity index (χ4v) is 0.890. The Kier molecular flexibility index (Phi) is 2.06. The summed E-state index contributed by atoms with van der Waals surface area (Å²) in [6.45, 7) is 0. The standard InChI is InChI=1S/C7H7ClO/c8-7(9)6-4-2-1-3-5-6/h2-6H,1H2. The minimum atomic E-state index is -0.304. The number of hydrogen-bond acceptors (Lipinski definition) is 1. The van der Waals surface area contributed by atoms with Crippen molar-refractivity contribution in [3.05, 3.63) is 24.3 Å². The van der Waals surface area contributed by atoms with Crippen LogP contribution in [0, 0.1) is 5.92 Å². The van der Waals surface area contributed by atoms with Gasteiger partial charge in [-0.3, -0.25) is 4.79 Å². The van der Waals surface area contributed by atoms with Gasteiger partial charge in [0.05, 0.1) is 5.92 Å². The normalized spacial score (nSPS) is 18.3. The van der Waals surface area contributed by atoms with E-state index >= 15 is 0 Å². The van der Waals surface area contributed by atoms with E-state index in [-0.39, 0.29) is 11.2 Å². The second-order valence-electron chi connectivity index (χ2n) is 1.92. The first-order valence-electron chi connectivity index (χ1n) is 2.83. The number of carbonyl (C=O) groups excluding carboxylic acids is 1. The summed E-state index contributed by atoms with van der Waals surface area (Å²) in [6, 6.07) is 0. The largest absolute Gasteiger partial charge is 0.280 e. The molecule has 0 N–H and O–H groups in total. The Balaban J connectivity index is 2.60. The first-order valence-corrected chi connectivity index (χ1v) is 3.21. The predicted octanol–water partition coefficient (Wildman–Crippen LogP) is 1.88. The molecule has 0 aromatic rings. The van der Waals surface area contributed by atoms with E-state index in [9.17, 15) is 4.79 Å². The summed E-state index contributed by atoms with van der Waals surface area (Å²) < 4.78 is 0. The van der Waals surface area contributed by atoms with Crippen LogP contribution in [0.25, 0.3) is 0 Å². The molecule has 0 spiro atoms. The van der Waals surface area contributed by atoms with Gasteiger partial charge in [0.1, 0.15) is 0 Å². The van der Waals surface area contributed by atoms with E-state index in [1.165, 1.54) is 0 Å². The summed E-state index contributed by atoms with van der Waals surface area (Å²) in [7, 11) is 0. The molecule has 0 aromatic heterocycles. The quantitative estimate of drug-likeness (QED) is 0.404. The van der Waals surface area contributed by atoms with Crippen molar-refractivity contribution in [1.82, 2.24) is 0 Å². The van der Waals surface area contributed by atoms with Gasteiger partial charge in [-0.25, -0.2) is 0 Å². The van der Waals surface area contributed by atoms with Gasteiger partial charge in [0, 0.05) is 0 Å². The summed E-state index contributed by atoms with van der Waals surface area (Å²) in [5, 5.41) is -0.304. The van der Waals surface area contributed by atoms with Gasteiger partial charge in [-0.1, -0.05) is 24.3 Å². The molecule has 0 radical (unpaired) electrons. The van der Waals surface area contributed by atoms with E-state index in [0.717, 1.165) is 6.42 Å². The van der Waals surface area contributed by atoms with Crippen molar-refractivity contribution in [1.29, 1.82) is 0 Å². The Bertz CT molecular complexity index is 158. The molecule has 48 valence electrons. The topological polar surface area (TPSA) is 17.1 Å². The molecule has 0 fully saturated rings. The number of rotatable bonds is 1. The van der Waals surface area contributed by atoms with Gasteiger partial charge in [-0.2, -0.15) is 0 Å². The third kappa shape index (κ3) is 1.68. The second kappa shape index (κ2) is 2.83. The lowest BCUT2D eigenvalue weighted by Gasteiger charge is -2.02. The summed E-state index contributed by atoms with van der Waals surface area (Å²) in [5.41, 5.74) is 0. The van der Waals surface area contributed by atoms with Crippen molar-refractivity contribution in [3.8, 4) is 0 Å². The molecule has 1 rings (SSSR count). The fourth-order valence-electron chi connectivity index (χ4n) is 0.744. The van der Waals surface area contributed by atoms with Crippen molar-refractivity contribution in [2.45, 2.75) is 6.42 Å². The van der Waals surface area contributed by atoms with E-state index in [1.807, 2.05) is 24.3 Å². The van der Waals surface area contributed by atoms with Crippen LogP contribution in [0.4, 0.5) is 0 Å². The third-order valence-electron chi connectivity index (χ3n) is 1.22. The highest BCUT2D eigenvalue weighted by molar-refractivity contribution is 6.64. The maximum Gasteiger partial charge on any atom is 0.232 e. The van der Waals surface area contributed by atoms with Crippen LogP contribution in [0.3, 0.4) is 0 Å². The maximum absolute atomic E-state index is 10.5. The van der Waals surface area contributed by atoms with Gasteiger partial charge in [-0.15, -0.1) is 0 Å². The molecular weight excluding hydrogens is 136 g/mol. The Labute approximate surface area is 59.0 Å². The molecule has 0 aromatic carbocycles. The fraction of sp³-hybridized carbons (Fsp3) is 0.286. The Morgan fingerprint density at radius 3 is 2.33 bits per heavy atom.